The van der Waals surface area contributed by atoms with Crippen LogP contribution in [0.2, 0.25) is 0 Å². The number of nitrogens with one attached hydrogen (secondary N) is 1. The van der Waals surface area contributed by atoms with E-state index in [0.717, 1.165) is 5.56 Å². The smallest absolute Gasteiger partial charge is 0.244 e. The standard InChI is InChI=1S/C13H13FN2O/c1-10(8-15)9-16-13(17)7-4-11-2-5-12(14)6-3-11/h2-7,10H,9H2,1H3,(H,16,17). The van der Waals surface area contributed by atoms with E-state index < -0.39 is 0 Å². The number of benzene rings is 1. The van der Waals surface area contributed by atoms with Crippen LogP contribution in [-0.4, -0.2) is 12.5 Å². The highest BCUT2D eigenvalue weighted by molar-refractivity contribution is 5.91. The highest BCUT2D eigenvalue weighted by Gasteiger charge is 2.00. The zero-order valence-corrected chi connectivity index (χ0v) is 9.48. The van der Waals surface area contributed by atoms with Gasteiger partial charge in [-0.3, -0.25) is 4.79 Å². The zero-order valence-electron chi connectivity index (χ0n) is 9.48. The molecule has 0 saturated heterocycles. The maximum atomic E-state index is 12.6. The molecule has 0 spiro atoms. The van der Waals surface area contributed by atoms with Gasteiger partial charge in [-0.1, -0.05) is 12.1 Å². The number of hydrogen-bond acceptors (Lipinski definition) is 2. The van der Waals surface area contributed by atoms with Crippen molar-refractivity contribution in [1.82, 2.24) is 5.32 Å². The summed E-state index contributed by atoms with van der Waals surface area (Å²) in [6.07, 6.45) is 2.95. The second kappa shape index (κ2) is 6.44. The van der Waals surface area contributed by atoms with Crippen LogP contribution in [0.5, 0.6) is 0 Å². The number of hydrogen-bond donors (Lipinski definition) is 1. The molecule has 1 atom stereocenters. The first kappa shape index (κ1) is 12.9. The van der Waals surface area contributed by atoms with Crippen molar-refractivity contribution in [3.63, 3.8) is 0 Å². The highest BCUT2D eigenvalue weighted by Crippen LogP contribution is 2.04. The Balaban J connectivity index is 2.46. The van der Waals surface area contributed by atoms with Gasteiger partial charge in [-0.25, -0.2) is 4.39 Å². The Kier molecular flexibility index (Phi) is 4.89. The SMILES string of the molecule is CC(C#N)CNC(=O)C=Cc1ccc(F)cc1. The third-order valence-corrected chi connectivity index (χ3v) is 2.10. The van der Waals surface area contributed by atoms with E-state index in [1.807, 2.05) is 6.07 Å². The molecular weight excluding hydrogens is 219 g/mol. The van der Waals surface area contributed by atoms with Gasteiger partial charge in [0.1, 0.15) is 5.82 Å². The zero-order chi connectivity index (χ0) is 12.7. The van der Waals surface area contributed by atoms with Gasteiger partial charge in [-0.2, -0.15) is 5.26 Å². The topological polar surface area (TPSA) is 52.9 Å². The maximum absolute atomic E-state index is 12.6. The van der Waals surface area contributed by atoms with Gasteiger partial charge in [-0.15, -0.1) is 0 Å². The van der Waals surface area contributed by atoms with Crippen LogP contribution < -0.4 is 5.32 Å². The first-order valence-electron chi connectivity index (χ1n) is 5.23. The molecule has 0 aliphatic carbocycles. The van der Waals surface area contributed by atoms with Crippen LogP contribution in [0.15, 0.2) is 30.3 Å². The van der Waals surface area contributed by atoms with E-state index in [2.05, 4.69) is 5.32 Å². The Bertz CT molecular complexity index is 445. The van der Waals surface area contributed by atoms with Crippen LogP contribution in [0.3, 0.4) is 0 Å². The lowest BCUT2D eigenvalue weighted by molar-refractivity contribution is -0.116. The van der Waals surface area contributed by atoms with Crippen LogP contribution in [-0.2, 0) is 4.79 Å². The molecule has 88 valence electrons. The summed E-state index contributed by atoms with van der Waals surface area (Å²) >= 11 is 0. The van der Waals surface area contributed by atoms with Crippen molar-refractivity contribution in [2.75, 3.05) is 6.54 Å². The van der Waals surface area contributed by atoms with Crippen molar-refractivity contribution in [2.45, 2.75) is 6.92 Å². The molecule has 1 aromatic carbocycles. The van der Waals surface area contributed by atoms with Crippen LogP contribution >= 0.6 is 0 Å². The van der Waals surface area contributed by atoms with E-state index in [1.165, 1.54) is 18.2 Å². The van der Waals surface area contributed by atoms with Gasteiger partial charge in [0.05, 0.1) is 12.0 Å². The fraction of sp³-hybridized carbons (Fsp3) is 0.231. The number of carbonyl (C=O) groups excluding carboxylic acids is 1. The van der Waals surface area contributed by atoms with Crippen molar-refractivity contribution in [3.05, 3.63) is 41.7 Å². The average molecular weight is 232 g/mol. The number of rotatable bonds is 4. The van der Waals surface area contributed by atoms with Gasteiger partial charge in [0.25, 0.3) is 0 Å². The minimum absolute atomic E-state index is 0.210. The normalized spacial score (nSPS) is 12.1. The summed E-state index contributed by atoms with van der Waals surface area (Å²) in [6.45, 7) is 2.05. The number of nitriles is 1. The fourth-order valence-electron chi connectivity index (χ4n) is 1.10. The summed E-state index contributed by atoms with van der Waals surface area (Å²) in [5.41, 5.74) is 0.745. The van der Waals surface area contributed by atoms with Gasteiger partial charge < -0.3 is 5.32 Å². The van der Waals surface area contributed by atoms with Crippen LogP contribution in [0.25, 0.3) is 6.08 Å². The molecular formula is C13H13FN2O. The predicted molar refractivity (Wildman–Crippen MR) is 63.2 cm³/mol. The molecule has 1 N–H and O–H groups in total. The second-order valence-corrected chi connectivity index (χ2v) is 3.66. The van der Waals surface area contributed by atoms with Crippen molar-refractivity contribution in [2.24, 2.45) is 5.92 Å². The third kappa shape index (κ3) is 4.94. The number of halogens is 1. The van der Waals surface area contributed by atoms with Crippen molar-refractivity contribution >= 4 is 12.0 Å². The van der Waals surface area contributed by atoms with Crippen molar-refractivity contribution in [3.8, 4) is 6.07 Å². The largest absolute Gasteiger partial charge is 0.351 e. The minimum Gasteiger partial charge on any atom is -0.351 e. The van der Waals surface area contributed by atoms with Crippen molar-refractivity contribution < 1.29 is 9.18 Å². The predicted octanol–water partition coefficient (Wildman–Crippen LogP) is 2.11. The molecule has 0 aliphatic heterocycles. The molecule has 1 rings (SSSR count). The van der Waals surface area contributed by atoms with E-state index in [9.17, 15) is 9.18 Å². The number of carbonyl (C=O) groups is 1. The van der Waals surface area contributed by atoms with Gasteiger partial charge in [0.15, 0.2) is 0 Å². The number of amides is 1. The van der Waals surface area contributed by atoms with E-state index >= 15 is 0 Å². The molecule has 0 bridgehead atoms. The lowest BCUT2D eigenvalue weighted by atomic mass is 10.2. The molecule has 17 heavy (non-hydrogen) atoms. The van der Waals surface area contributed by atoms with E-state index in [-0.39, 0.29) is 17.6 Å². The van der Waals surface area contributed by atoms with E-state index in [0.29, 0.717) is 6.54 Å². The molecule has 0 aromatic heterocycles. The van der Waals surface area contributed by atoms with Gasteiger partial charge >= 0.3 is 0 Å². The molecule has 0 aliphatic rings. The molecule has 0 heterocycles. The van der Waals surface area contributed by atoms with Gasteiger partial charge in [0.2, 0.25) is 5.91 Å². The molecule has 0 saturated carbocycles. The lowest BCUT2D eigenvalue weighted by Gasteiger charge is -2.02. The first-order valence-corrected chi connectivity index (χ1v) is 5.23. The summed E-state index contributed by atoms with van der Waals surface area (Å²) in [5, 5.41) is 11.1. The molecule has 3 nitrogen and oxygen atoms in total. The average Bonchev–Trinajstić information content (AvgIpc) is 2.35. The first-order chi connectivity index (χ1) is 8.11. The van der Waals surface area contributed by atoms with Gasteiger partial charge in [0, 0.05) is 12.6 Å². The molecule has 0 fully saturated rings. The van der Waals surface area contributed by atoms with Crippen LogP contribution in [0.1, 0.15) is 12.5 Å². The molecule has 1 unspecified atom stereocenters. The third-order valence-electron chi connectivity index (χ3n) is 2.10. The fourth-order valence-corrected chi connectivity index (χ4v) is 1.10. The molecule has 4 heteroatoms. The summed E-state index contributed by atoms with van der Waals surface area (Å²) < 4.78 is 12.6. The lowest BCUT2D eigenvalue weighted by Crippen LogP contribution is -2.25. The minimum atomic E-state index is -0.311. The molecule has 1 amide bonds. The summed E-state index contributed by atoms with van der Waals surface area (Å²) in [7, 11) is 0. The van der Waals surface area contributed by atoms with Crippen LogP contribution in [0.4, 0.5) is 4.39 Å². The van der Waals surface area contributed by atoms with Gasteiger partial charge in [-0.05, 0) is 30.7 Å². The Morgan fingerprint density at radius 1 is 1.53 bits per heavy atom. The quantitative estimate of drug-likeness (QED) is 0.808. The summed E-state index contributed by atoms with van der Waals surface area (Å²) in [4.78, 5) is 11.3. The Labute approximate surface area is 99.6 Å². The molecule has 1 aromatic rings. The Hall–Kier alpha value is -2.15. The maximum Gasteiger partial charge on any atom is 0.244 e. The van der Waals surface area contributed by atoms with Crippen LogP contribution in [0, 0.1) is 23.1 Å². The highest BCUT2D eigenvalue weighted by atomic mass is 19.1. The van der Waals surface area contributed by atoms with Crippen molar-refractivity contribution in [1.29, 1.82) is 5.26 Å². The summed E-state index contributed by atoms with van der Waals surface area (Å²) in [5.74, 6) is -0.788. The number of nitrogens with zero attached hydrogens (tertiary/aromatic N) is 1. The van der Waals surface area contributed by atoms with E-state index in [1.54, 1.807) is 25.1 Å². The second-order valence-electron chi connectivity index (χ2n) is 3.66. The van der Waals surface area contributed by atoms with E-state index in [4.69, 9.17) is 5.26 Å². The summed E-state index contributed by atoms with van der Waals surface area (Å²) in [6, 6.07) is 7.84. The Morgan fingerprint density at radius 3 is 2.76 bits per heavy atom. The molecule has 0 radical (unpaired) electrons. The Morgan fingerprint density at radius 2 is 2.18 bits per heavy atom. The monoisotopic (exact) mass is 232 g/mol.